The molecule has 0 spiro atoms. The first kappa shape index (κ1) is 13.1. The largest absolute Gasteiger partial charge is 0.493 e. The van der Waals surface area contributed by atoms with Gasteiger partial charge in [-0.3, -0.25) is 0 Å². The summed E-state index contributed by atoms with van der Waals surface area (Å²) >= 11 is 0. The fourth-order valence-electron chi connectivity index (χ4n) is 1.92. The average molecular weight is 253 g/mol. The predicted octanol–water partition coefficient (Wildman–Crippen LogP) is 1.51. The number of hydrogen-bond acceptors (Lipinski definition) is 5. The van der Waals surface area contributed by atoms with E-state index in [1.807, 2.05) is 18.2 Å². The molecule has 0 saturated carbocycles. The van der Waals surface area contributed by atoms with Gasteiger partial charge >= 0.3 is 0 Å². The summed E-state index contributed by atoms with van der Waals surface area (Å²) in [7, 11) is 3.23. The maximum Gasteiger partial charge on any atom is 0.166 e. The molecule has 1 aliphatic heterocycles. The van der Waals surface area contributed by atoms with Gasteiger partial charge in [-0.2, -0.15) is 5.48 Å². The van der Waals surface area contributed by atoms with Gasteiger partial charge in [-0.05, 0) is 6.07 Å². The van der Waals surface area contributed by atoms with Gasteiger partial charge in [-0.25, -0.2) is 0 Å². The van der Waals surface area contributed by atoms with Crippen molar-refractivity contribution in [1.29, 1.82) is 0 Å². The van der Waals surface area contributed by atoms with E-state index in [0.29, 0.717) is 13.2 Å². The lowest BCUT2D eigenvalue weighted by molar-refractivity contribution is 0.0846. The molecule has 1 unspecified atom stereocenters. The number of para-hydroxylation sites is 1. The minimum atomic E-state index is 0.0996. The summed E-state index contributed by atoms with van der Waals surface area (Å²) in [6.07, 6.45) is 1.01. The van der Waals surface area contributed by atoms with Crippen molar-refractivity contribution in [3.05, 3.63) is 23.8 Å². The number of ether oxygens (including phenoxy) is 3. The third-order valence-corrected chi connectivity index (χ3v) is 2.86. The second-order valence-electron chi connectivity index (χ2n) is 4.08. The molecular formula is C13H19NO4. The first-order chi connectivity index (χ1) is 8.85. The van der Waals surface area contributed by atoms with E-state index in [1.54, 1.807) is 14.2 Å². The molecule has 0 aromatic heterocycles. The molecule has 1 heterocycles. The first-order valence-electron chi connectivity index (χ1n) is 6.01. The summed E-state index contributed by atoms with van der Waals surface area (Å²) in [5, 5.41) is 0. The predicted molar refractivity (Wildman–Crippen MR) is 66.7 cm³/mol. The first-order valence-corrected chi connectivity index (χ1v) is 6.01. The summed E-state index contributed by atoms with van der Waals surface area (Å²) in [4.78, 5) is 4.87. The number of rotatable bonds is 6. The van der Waals surface area contributed by atoms with Crippen LogP contribution in [0.3, 0.4) is 0 Å². The highest BCUT2D eigenvalue weighted by atomic mass is 16.6. The van der Waals surface area contributed by atoms with Crippen LogP contribution in [0.4, 0.5) is 0 Å². The van der Waals surface area contributed by atoms with Crippen LogP contribution in [0.25, 0.3) is 0 Å². The zero-order chi connectivity index (χ0) is 12.8. The molecule has 5 nitrogen and oxygen atoms in total. The Kier molecular flexibility index (Phi) is 4.81. The van der Waals surface area contributed by atoms with Gasteiger partial charge in [0.1, 0.15) is 6.10 Å². The van der Waals surface area contributed by atoms with Gasteiger partial charge in [0.2, 0.25) is 0 Å². The second kappa shape index (κ2) is 6.58. The zero-order valence-electron chi connectivity index (χ0n) is 10.8. The highest BCUT2D eigenvalue weighted by molar-refractivity contribution is 5.46. The van der Waals surface area contributed by atoms with E-state index in [9.17, 15) is 0 Å². The maximum atomic E-state index is 5.98. The lowest BCUT2D eigenvalue weighted by Gasteiger charge is -2.18. The van der Waals surface area contributed by atoms with E-state index < -0.39 is 0 Å². The monoisotopic (exact) mass is 253 g/mol. The third-order valence-electron chi connectivity index (χ3n) is 2.86. The molecule has 1 N–H and O–H groups in total. The molecule has 0 amide bonds. The van der Waals surface area contributed by atoms with Gasteiger partial charge in [0.15, 0.2) is 11.5 Å². The minimum Gasteiger partial charge on any atom is -0.493 e. The molecule has 1 saturated heterocycles. The Bertz CT molecular complexity index is 377. The molecule has 2 rings (SSSR count). The number of hydrogen-bond donors (Lipinski definition) is 1. The lowest BCUT2D eigenvalue weighted by Crippen LogP contribution is -2.19. The summed E-state index contributed by atoms with van der Waals surface area (Å²) in [6, 6.07) is 5.81. The third kappa shape index (κ3) is 3.13. The quantitative estimate of drug-likeness (QED) is 0.779. The number of nitrogens with one attached hydrogen (secondary N) is 1. The van der Waals surface area contributed by atoms with E-state index >= 15 is 0 Å². The highest BCUT2D eigenvalue weighted by Gasteiger charge is 2.20. The van der Waals surface area contributed by atoms with Crippen LogP contribution in [0, 0.1) is 0 Å². The molecular weight excluding hydrogens is 234 g/mol. The maximum absolute atomic E-state index is 5.98. The molecule has 0 aliphatic carbocycles. The molecule has 1 aliphatic rings. The summed E-state index contributed by atoms with van der Waals surface area (Å²) in [5.74, 6) is 1.50. The van der Waals surface area contributed by atoms with E-state index in [-0.39, 0.29) is 6.10 Å². The normalized spacial score (nSPS) is 18.9. The smallest absolute Gasteiger partial charge is 0.166 e. The van der Waals surface area contributed by atoms with Crippen molar-refractivity contribution in [3.8, 4) is 11.5 Å². The molecule has 1 fully saturated rings. The van der Waals surface area contributed by atoms with E-state index in [1.165, 1.54) is 0 Å². The van der Waals surface area contributed by atoms with Crippen LogP contribution in [-0.2, 0) is 16.1 Å². The fourth-order valence-corrected chi connectivity index (χ4v) is 1.92. The zero-order valence-corrected chi connectivity index (χ0v) is 10.8. The SMILES string of the molecule is CONCc1cccc(OC)c1OC1CCOC1. The highest BCUT2D eigenvalue weighted by Crippen LogP contribution is 2.32. The topological polar surface area (TPSA) is 49.0 Å². The number of benzene rings is 1. The van der Waals surface area contributed by atoms with Crippen molar-refractivity contribution in [3.63, 3.8) is 0 Å². The van der Waals surface area contributed by atoms with Crippen molar-refractivity contribution >= 4 is 0 Å². The van der Waals surface area contributed by atoms with Crippen LogP contribution in [-0.4, -0.2) is 33.5 Å². The Balaban J connectivity index is 2.16. The van der Waals surface area contributed by atoms with Crippen LogP contribution in [0.5, 0.6) is 11.5 Å². The van der Waals surface area contributed by atoms with Crippen LogP contribution in [0.1, 0.15) is 12.0 Å². The van der Waals surface area contributed by atoms with E-state index in [4.69, 9.17) is 19.0 Å². The molecule has 1 atom stereocenters. The van der Waals surface area contributed by atoms with Gasteiger partial charge in [0.05, 0.1) is 27.4 Å². The molecule has 0 radical (unpaired) electrons. The number of hydroxylamine groups is 1. The Morgan fingerprint density at radius 1 is 1.39 bits per heavy atom. The Morgan fingerprint density at radius 3 is 2.94 bits per heavy atom. The second-order valence-corrected chi connectivity index (χ2v) is 4.08. The van der Waals surface area contributed by atoms with Gasteiger partial charge in [-0.15, -0.1) is 0 Å². The van der Waals surface area contributed by atoms with Crippen molar-refractivity contribution in [2.24, 2.45) is 0 Å². The van der Waals surface area contributed by atoms with Crippen LogP contribution in [0.15, 0.2) is 18.2 Å². The molecule has 100 valence electrons. The standard InChI is InChI=1S/C13H19NO4/c1-15-12-5-3-4-10(8-14-16-2)13(12)18-11-6-7-17-9-11/h3-5,11,14H,6-9H2,1-2H3. The van der Waals surface area contributed by atoms with Gasteiger partial charge in [-0.1, -0.05) is 12.1 Å². The van der Waals surface area contributed by atoms with E-state index in [0.717, 1.165) is 30.1 Å². The summed E-state index contributed by atoms with van der Waals surface area (Å²) in [6.45, 7) is 1.96. The lowest BCUT2D eigenvalue weighted by atomic mass is 10.2. The molecule has 18 heavy (non-hydrogen) atoms. The molecule has 1 aromatic carbocycles. The summed E-state index contributed by atoms with van der Waals surface area (Å²) in [5.41, 5.74) is 3.82. The van der Waals surface area contributed by atoms with Crippen molar-refractivity contribution < 1.29 is 19.0 Å². The Hall–Kier alpha value is -1.30. The molecule has 1 aromatic rings. The van der Waals surface area contributed by atoms with Crippen molar-refractivity contribution in [2.75, 3.05) is 27.4 Å². The summed E-state index contributed by atoms with van der Waals surface area (Å²) < 4.78 is 16.6. The Labute approximate surface area is 107 Å². The fraction of sp³-hybridized carbons (Fsp3) is 0.538. The van der Waals surface area contributed by atoms with Crippen LogP contribution >= 0.6 is 0 Å². The van der Waals surface area contributed by atoms with Gasteiger partial charge in [0.25, 0.3) is 0 Å². The molecule has 0 bridgehead atoms. The molecule has 5 heteroatoms. The minimum absolute atomic E-state index is 0.0996. The van der Waals surface area contributed by atoms with Gasteiger partial charge < -0.3 is 19.0 Å². The van der Waals surface area contributed by atoms with Crippen LogP contribution in [0.2, 0.25) is 0 Å². The van der Waals surface area contributed by atoms with Crippen LogP contribution < -0.4 is 15.0 Å². The Morgan fingerprint density at radius 2 is 2.28 bits per heavy atom. The average Bonchev–Trinajstić information content (AvgIpc) is 2.90. The van der Waals surface area contributed by atoms with Crippen molar-refractivity contribution in [2.45, 2.75) is 19.1 Å². The number of methoxy groups -OCH3 is 1. The van der Waals surface area contributed by atoms with Gasteiger partial charge in [0, 0.05) is 18.5 Å². The van der Waals surface area contributed by atoms with E-state index in [2.05, 4.69) is 5.48 Å². The van der Waals surface area contributed by atoms with Crippen molar-refractivity contribution in [1.82, 2.24) is 5.48 Å².